The zero-order chi connectivity index (χ0) is 21.8. The lowest BCUT2D eigenvalue weighted by atomic mass is 10.2. The molecule has 9 heteroatoms. The maximum Gasteiger partial charge on any atom is 0.266 e. The molecule has 0 bridgehead atoms. The van der Waals surface area contributed by atoms with Gasteiger partial charge >= 0.3 is 0 Å². The molecule has 0 atom stereocenters. The number of halogens is 1. The molecule has 0 aliphatic carbocycles. The van der Waals surface area contributed by atoms with Crippen LogP contribution in [0.2, 0.25) is 0 Å². The lowest BCUT2D eigenvalue weighted by Crippen LogP contribution is -2.24. The van der Waals surface area contributed by atoms with Crippen molar-refractivity contribution < 1.29 is 4.79 Å². The first-order chi connectivity index (χ1) is 15.0. The number of carbonyl (C=O) groups excluding carboxylic acids is 1. The molecule has 1 N–H and O–H groups in total. The zero-order valence-corrected chi connectivity index (χ0v) is 19.6. The minimum atomic E-state index is -0.273. The fourth-order valence-electron chi connectivity index (χ4n) is 2.88. The summed E-state index contributed by atoms with van der Waals surface area (Å²) in [5.41, 5.74) is 4.41. The van der Waals surface area contributed by atoms with Crippen molar-refractivity contribution in [1.29, 1.82) is 0 Å². The van der Waals surface area contributed by atoms with Crippen molar-refractivity contribution in [2.75, 3.05) is 5.75 Å². The average molecular weight is 513 g/mol. The monoisotopic (exact) mass is 512 g/mol. The maximum atomic E-state index is 13.2. The zero-order valence-electron chi connectivity index (χ0n) is 16.4. The van der Waals surface area contributed by atoms with E-state index < -0.39 is 0 Å². The van der Waals surface area contributed by atoms with E-state index in [1.165, 1.54) is 16.3 Å². The molecule has 2 heterocycles. The predicted octanol–water partition coefficient (Wildman–Crippen LogP) is 4.84. The van der Waals surface area contributed by atoms with Crippen LogP contribution in [0.5, 0.6) is 0 Å². The van der Waals surface area contributed by atoms with E-state index in [9.17, 15) is 9.59 Å². The number of nitrogens with one attached hydrogen (secondary N) is 1. The molecule has 2 aromatic heterocycles. The van der Waals surface area contributed by atoms with Gasteiger partial charge in [0.1, 0.15) is 0 Å². The standard InChI is InChI=1S/C22H17BrN4O2S2/c1-14(19-7-4-12-30-19)25-26-20(28)13-31-22-24-18-6-3-2-5-17(18)21(29)27(22)16-10-8-15(23)9-11-16/h2-12H,13H2,1H3,(H,26,28)/b25-14-. The summed E-state index contributed by atoms with van der Waals surface area (Å²) in [6, 6.07) is 18.5. The molecule has 0 radical (unpaired) electrons. The topological polar surface area (TPSA) is 76.3 Å². The lowest BCUT2D eigenvalue weighted by Gasteiger charge is -2.13. The van der Waals surface area contributed by atoms with Gasteiger partial charge in [-0.1, -0.05) is 45.9 Å². The van der Waals surface area contributed by atoms with Crippen LogP contribution in [0.15, 0.2) is 85.6 Å². The highest BCUT2D eigenvalue weighted by Gasteiger charge is 2.15. The Hall–Kier alpha value is -2.75. The van der Waals surface area contributed by atoms with Crippen LogP contribution in [0.1, 0.15) is 11.8 Å². The van der Waals surface area contributed by atoms with Crippen molar-refractivity contribution >= 4 is 61.6 Å². The van der Waals surface area contributed by atoms with Crippen LogP contribution in [-0.2, 0) is 4.79 Å². The van der Waals surface area contributed by atoms with Crippen LogP contribution in [0.25, 0.3) is 16.6 Å². The second-order valence-corrected chi connectivity index (χ2v) is 9.33. The van der Waals surface area contributed by atoms with Gasteiger partial charge in [-0.3, -0.25) is 14.2 Å². The van der Waals surface area contributed by atoms with Gasteiger partial charge in [-0.25, -0.2) is 10.4 Å². The SMILES string of the molecule is C/C(=N/NC(=O)CSc1nc2ccccc2c(=O)n1-c1ccc(Br)cc1)c1cccs1. The molecule has 1 amide bonds. The summed E-state index contributed by atoms with van der Waals surface area (Å²) < 4.78 is 2.44. The van der Waals surface area contributed by atoms with E-state index in [0.717, 1.165) is 15.1 Å². The Morgan fingerprint density at radius 1 is 1.16 bits per heavy atom. The highest BCUT2D eigenvalue weighted by molar-refractivity contribution is 9.10. The number of rotatable bonds is 6. The minimum Gasteiger partial charge on any atom is -0.272 e. The third-order valence-corrected chi connectivity index (χ3v) is 6.83. The van der Waals surface area contributed by atoms with E-state index in [1.54, 1.807) is 23.5 Å². The summed E-state index contributed by atoms with van der Waals surface area (Å²) >= 11 is 6.17. The van der Waals surface area contributed by atoms with Crippen LogP contribution >= 0.6 is 39.0 Å². The van der Waals surface area contributed by atoms with Crippen molar-refractivity contribution in [3.8, 4) is 5.69 Å². The van der Waals surface area contributed by atoms with Crippen molar-refractivity contribution in [2.24, 2.45) is 5.10 Å². The summed E-state index contributed by atoms with van der Waals surface area (Å²) in [5, 5.41) is 7.08. The Bertz CT molecular complexity index is 1320. The molecule has 0 spiro atoms. The molecule has 0 aliphatic rings. The number of hydrogen-bond donors (Lipinski definition) is 1. The number of thiophene rings is 1. The van der Waals surface area contributed by atoms with Crippen LogP contribution in [-0.4, -0.2) is 26.9 Å². The van der Waals surface area contributed by atoms with Crippen molar-refractivity contribution in [2.45, 2.75) is 12.1 Å². The van der Waals surface area contributed by atoms with E-state index in [0.29, 0.717) is 21.7 Å². The molecule has 0 saturated heterocycles. The Kier molecular flexibility index (Phi) is 6.64. The quantitative estimate of drug-likeness (QED) is 0.173. The molecule has 4 rings (SSSR count). The fraction of sp³-hybridized carbons (Fsp3) is 0.0909. The summed E-state index contributed by atoms with van der Waals surface area (Å²) in [5.74, 6) is -0.201. The third kappa shape index (κ3) is 4.95. The number of para-hydroxylation sites is 1. The van der Waals surface area contributed by atoms with Gasteiger partial charge in [0.05, 0.1) is 28.1 Å². The summed E-state index contributed by atoms with van der Waals surface area (Å²) in [7, 11) is 0. The van der Waals surface area contributed by atoms with Crippen LogP contribution < -0.4 is 11.0 Å². The Morgan fingerprint density at radius 3 is 2.68 bits per heavy atom. The molecule has 2 aromatic carbocycles. The van der Waals surface area contributed by atoms with E-state index in [4.69, 9.17) is 0 Å². The second-order valence-electron chi connectivity index (χ2n) is 6.53. The number of thioether (sulfide) groups is 1. The van der Waals surface area contributed by atoms with E-state index in [2.05, 4.69) is 31.4 Å². The second kappa shape index (κ2) is 9.59. The third-order valence-electron chi connectivity index (χ3n) is 4.39. The van der Waals surface area contributed by atoms with Gasteiger partial charge in [-0.05, 0) is 54.8 Å². The molecule has 0 fully saturated rings. The van der Waals surface area contributed by atoms with Gasteiger partial charge in [0, 0.05) is 9.35 Å². The van der Waals surface area contributed by atoms with E-state index >= 15 is 0 Å². The molecular formula is C22H17BrN4O2S2. The molecule has 0 unspecified atom stereocenters. The normalized spacial score (nSPS) is 11.6. The van der Waals surface area contributed by atoms with Gasteiger partial charge in [0.15, 0.2) is 5.16 Å². The Labute approximate surface area is 195 Å². The number of aromatic nitrogens is 2. The van der Waals surface area contributed by atoms with Crippen molar-refractivity contribution in [3.05, 3.63) is 85.7 Å². The van der Waals surface area contributed by atoms with Crippen LogP contribution in [0, 0.1) is 0 Å². The van der Waals surface area contributed by atoms with E-state index in [1.807, 2.05) is 60.8 Å². The first kappa shape index (κ1) is 21.5. The summed E-state index contributed by atoms with van der Waals surface area (Å²) in [6.45, 7) is 1.84. The largest absolute Gasteiger partial charge is 0.272 e. The van der Waals surface area contributed by atoms with Crippen molar-refractivity contribution in [1.82, 2.24) is 15.0 Å². The predicted molar refractivity (Wildman–Crippen MR) is 130 cm³/mol. The van der Waals surface area contributed by atoms with Gasteiger partial charge in [0.2, 0.25) is 0 Å². The number of benzene rings is 2. The molecule has 4 aromatic rings. The average Bonchev–Trinajstić information content (AvgIpc) is 3.32. The van der Waals surface area contributed by atoms with Crippen molar-refractivity contribution in [3.63, 3.8) is 0 Å². The Balaban J connectivity index is 1.61. The number of hydrogen-bond acceptors (Lipinski definition) is 6. The number of amides is 1. The minimum absolute atomic E-state index is 0.0720. The van der Waals surface area contributed by atoms with E-state index in [-0.39, 0.29) is 17.2 Å². The smallest absolute Gasteiger partial charge is 0.266 e. The first-order valence-corrected chi connectivity index (χ1v) is 12.0. The van der Waals surface area contributed by atoms with Gasteiger partial charge in [-0.15, -0.1) is 11.3 Å². The first-order valence-electron chi connectivity index (χ1n) is 9.30. The number of carbonyl (C=O) groups is 1. The lowest BCUT2D eigenvalue weighted by molar-refractivity contribution is -0.118. The number of hydrazone groups is 1. The van der Waals surface area contributed by atoms with Gasteiger partial charge in [0.25, 0.3) is 11.5 Å². The summed E-state index contributed by atoms with van der Waals surface area (Å²) in [6.07, 6.45) is 0. The van der Waals surface area contributed by atoms with Crippen LogP contribution in [0.4, 0.5) is 0 Å². The molecule has 6 nitrogen and oxygen atoms in total. The Morgan fingerprint density at radius 2 is 1.94 bits per heavy atom. The van der Waals surface area contributed by atoms with Gasteiger partial charge in [-0.2, -0.15) is 5.10 Å². The highest BCUT2D eigenvalue weighted by Crippen LogP contribution is 2.22. The number of fused-ring (bicyclic) bond motifs is 1. The molecule has 0 saturated carbocycles. The molecule has 0 aliphatic heterocycles. The fourth-order valence-corrected chi connectivity index (χ4v) is 4.62. The highest BCUT2D eigenvalue weighted by atomic mass is 79.9. The van der Waals surface area contributed by atoms with Gasteiger partial charge < -0.3 is 0 Å². The molecular weight excluding hydrogens is 496 g/mol. The van der Waals surface area contributed by atoms with Crippen LogP contribution in [0.3, 0.4) is 0 Å². The number of nitrogens with zero attached hydrogens (tertiary/aromatic N) is 3. The molecule has 31 heavy (non-hydrogen) atoms. The summed E-state index contributed by atoms with van der Waals surface area (Å²) in [4.78, 5) is 31.2. The molecule has 156 valence electrons. The maximum absolute atomic E-state index is 13.2.